The predicted octanol–water partition coefficient (Wildman–Crippen LogP) is 3.50. The number of aromatic hydroxyl groups is 1. The highest BCUT2D eigenvalue weighted by molar-refractivity contribution is 7.86. The molecule has 0 spiro atoms. The fraction of sp³-hybridized carbons (Fsp3) is 0.278. The maximum atomic E-state index is 13.1. The van der Waals surface area contributed by atoms with Gasteiger partial charge in [0.1, 0.15) is 17.1 Å². The third kappa shape index (κ3) is 4.57. The SMILES string of the molecule is COC(=O)c1cc(N(CC(C)C)S(=O)c2ccc(F)cc2)ccc1O. The molecule has 0 aliphatic heterocycles. The van der Waals surface area contributed by atoms with Gasteiger partial charge in [-0.25, -0.2) is 13.4 Å². The van der Waals surface area contributed by atoms with Gasteiger partial charge in [-0.3, -0.25) is 4.31 Å². The van der Waals surface area contributed by atoms with Crippen LogP contribution in [0, 0.1) is 11.7 Å². The van der Waals surface area contributed by atoms with Crippen molar-refractivity contribution in [3.05, 3.63) is 53.8 Å². The minimum atomic E-state index is -1.60. The van der Waals surface area contributed by atoms with E-state index in [1.165, 1.54) is 43.5 Å². The molecule has 0 heterocycles. The smallest absolute Gasteiger partial charge is 0.341 e. The van der Waals surface area contributed by atoms with E-state index in [4.69, 9.17) is 0 Å². The molecule has 7 heteroatoms. The molecule has 0 saturated heterocycles. The van der Waals surface area contributed by atoms with Crippen molar-refractivity contribution in [3.63, 3.8) is 0 Å². The van der Waals surface area contributed by atoms with Gasteiger partial charge in [0.2, 0.25) is 0 Å². The average molecular weight is 365 g/mol. The van der Waals surface area contributed by atoms with Crippen molar-refractivity contribution < 1.29 is 23.2 Å². The molecule has 0 saturated carbocycles. The Morgan fingerprint density at radius 2 is 1.88 bits per heavy atom. The van der Waals surface area contributed by atoms with Crippen LogP contribution in [0.5, 0.6) is 5.75 Å². The second kappa shape index (κ2) is 8.11. The van der Waals surface area contributed by atoms with E-state index in [1.807, 2.05) is 13.8 Å². The van der Waals surface area contributed by atoms with Crippen molar-refractivity contribution >= 4 is 22.6 Å². The normalized spacial score (nSPS) is 12.0. The van der Waals surface area contributed by atoms with Crippen LogP contribution in [0.3, 0.4) is 0 Å². The summed E-state index contributed by atoms with van der Waals surface area (Å²) in [6.45, 7) is 4.38. The molecule has 5 nitrogen and oxygen atoms in total. The lowest BCUT2D eigenvalue weighted by molar-refractivity contribution is 0.0597. The number of carbonyl (C=O) groups is 1. The highest BCUT2D eigenvalue weighted by atomic mass is 32.2. The minimum absolute atomic E-state index is 0.00939. The van der Waals surface area contributed by atoms with Gasteiger partial charge >= 0.3 is 5.97 Å². The summed E-state index contributed by atoms with van der Waals surface area (Å²) in [5.74, 6) is -1.13. The van der Waals surface area contributed by atoms with Crippen molar-refractivity contribution in [1.29, 1.82) is 0 Å². The van der Waals surface area contributed by atoms with Gasteiger partial charge in [-0.2, -0.15) is 0 Å². The second-order valence-corrected chi connectivity index (χ2v) is 7.26. The molecule has 0 fully saturated rings. The molecule has 0 radical (unpaired) electrons. The van der Waals surface area contributed by atoms with Crippen molar-refractivity contribution in [2.75, 3.05) is 18.0 Å². The molecule has 1 N–H and O–H groups in total. The summed E-state index contributed by atoms with van der Waals surface area (Å²) in [4.78, 5) is 12.2. The van der Waals surface area contributed by atoms with Crippen molar-refractivity contribution in [2.45, 2.75) is 18.7 Å². The lowest BCUT2D eigenvalue weighted by Crippen LogP contribution is -2.30. The van der Waals surface area contributed by atoms with E-state index in [0.29, 0.717) is 17.1 Å². The number of rotatable bonds is 6. The highest BCUT2D eigenvalue weighted by Gasteiger charge is 2.21. The van der Waals surface area contributed by atoms with Crippen molar-refractivity contribution in [2.24, 2.45) is 5.92 Å². The monoisotopic (exact) mass is 365 g/mol. The molecule has 134 valence electrons. The summed E-state index contributed by atoms with van der Waals surface area (Å²) in [7, 11) is -0.379. The van der Waals surface area contributed by atoms with E-state index >= 15 is 0 Å². The standard InChI is InChI=1S/C18H20FNO4S/c1-12(2)11-20(25(23)15-7-4-13(19)5-8-15)14-6-9-17(21)16(10-14)18(22)24-3/h4-10,12,21H,11H2,1-3H3. The number of benzene rings is 2. The number of anilines is 1. The van der Waals surface area contributed by atoms with Gasteiger partial charge in [0.05, 0.1) is 17.7 Å². The third-order valence-corrected chi connectivity index (χ3v) is 4.86. The van der Waals surface area contributed by atoms with Gasteiger partial charge in [0, 0.05) is 6.54 Å². The first-order chi connectivity index (χ1) is 11.8. The van der Waals surface area contributed by atoms with Crippen LogP contribution in [0.1, 0.15) is 24.2 Å². The van der Waals surface area contributed by atoms with Crippen LogP contribution in [0.25, 0.3) is 0 Å². The van der Waals surface area contributed by atoms with Crippen LogP contribution in [-0.2, 0) is 15.7 Å². The lowest BCUT2D eigenvalue weighted by atomic mass is 10.1. The first-order valence-corrected chi connectivity index (χ1v) is 8.80. The maximum absolute atomic E-state index is 13.1. The fourth-order valence-corrected chi connectivity index (χ4v) is 3.59. The number of phenols is 1. The molecule has 0 aliphatic rings. The van der Waals surface area contributed by atoms with Gasteiger partial charge in [0.25, 0.3) is 0 Å². The van der Waals surface area contributed by atoms with Crippen LogP contribution >= 0.6 is 0 Å². The van der Waals surface area contributed by atoms with E-state index in [1.54, 1.807) is 10.4 Å². The number of nitrogens with zero attached hydrogens (tertiary/aromatic N) is 1. The Hall–Kier alpha value is -2.41. The number of ether oxygens (including phenoxy) is 1. The van der Waals surface area contributed by atoms with Crippen molar-refractivity contribution in [3.8, 4) is 5.75 Å². The molecule has 1 atom stereocenters. The van der Waals surface area contributed by atoms with E-state index in [0.717, 1.165) is 0 Å². The molecule has 0 bridgehead atoms. The first kappa shape index (κ1) is 18.9. The fourth-order valence-electron chi connectivity index (χ4n) is 2.23. The van der Waals surface area contributed by atoms with Crippen LogP contribution in [0.4, 0.5) is 10.1 Å². The maximum Gasteiger partial charge on any atom is 0.341 e. The summed E-state index contributed by atoms with van der Waals surface area (Å²) in [5.41, 5.74) is 0.486. The molecule has 0 amide bonds. The third-order valence-electron chi connectivity index (χ3n) is 3.42. The van der Waals surface area contributed by atoms with Crippen molar-refractivity contribution in [1.82, 2.24) is 0 Å². The number of methoxy groups -OCH3 is 1. The summed E-state index contributed by atoms with van der Waals surface area (Å²) in [5, 5.41) is 9.85. The molecule has 2 aromatic carbocycles. The van der Waals surface area contributed by atoms with Gasteiger partial charge in [-0.15, -0.1) is 0 Å². The highest BCUT2D eigenvalue weighted by Crippen LogP contribution is 2.28. The zero-order valence-corrected chi connectivity index (χ0v) is 15.0. The number of phenolic OH excluding ortho intramolecular Hbond substituents is 1. The Morgan fingerprint density at radius 1 is 1.24 bits per heavy atom. The van der Waals surface area contributed by atoms with Gasteiger partial charge in [-0.05, 0) is 48.4 Å². The van der Waals surface area contributed by atoms with Crippen LogP contribution in [0.2, 0.25) is 0 Å². The van der Waals surface area contributed by atoms with Gasteiger partial charge < -0.3 is 9.84 Å². The average Bonchev–Trinajstić information content (AvgIpc) is 2.59. The topological polar surface area (TPSA) is 66.8 Å². The Morgan fingerprint density at radius 3 is 2.44 bits per heavy atom. The largest absolute Gasteiger partial charge is 0.507 e. The Bertz CT molecular complexity index is 777. The molecule has 1 unspecified atom stereocenters. The van der Waals surface area contributed by atoms with E-state index in [9.17, 15) is 18.5 Å². The van der Waals surface area contributed by atoms with Crippen LogP contribution in [-0.4, -0.2) is 28.9 Å². The first-order valence-electron chi connectivity index (χ1n) is 7.69. The predicted molar refractivity (Wildman–Crippen MR) is 94.4 cm³/mol. The van der Waals surface area contributed by atoms with Crippen LogP contribution < -0.4 is 4.31 Å². The number of hydrogen-bond donors (Lipinski definition) is 1. The van der Waals surface area contributed by atoms with Gasteiger partial charge in [-0.1, -0.05) is 13.8 Å². The summed E-state index contributed by atoms with van der Waals surface area (Å²) in [6.07, 6.45) is 0. The Balaban J connectivity index is 2.45. The lowest BCUT2D eigenvalue weighted by Gasteiger charge is -2.26. The van der Waals surface area contributed by atoms with Crippen LogP contribution in [0.15, 0.2) is 47.4 Å². The quantitative estimate of drug-likeness (QED) is 0.796. The zero-order chi connectivity index (χ0) is 18.6. The number of halogens is 1. The number of hydrogen-bond acceptors (Lipinski definition) is 4. The molecule has 0 aliphatic carbocycles. The van der Waals surface area contributed by atoms with E-state index < -0.39 is 22.8 Å². The van der Waals surface area contributed by atoms with Gasteiger partial charge in [0.15, 0.2) is 11.0 Å². The molecular formula is C18H20FNO4S. The number of esters is 1. The molecule has 2 aromatic rings. The summed E-state index contributed by atoms with van der Waals surface area (Å²) in [6, 6.07) is 9.78. The zero-order valence-electron chi connectivity index (χ0n) is 14.2. The Kier molecular flexibility index (Phi) is 6.14. The van der Waals surface area contributed by atoms with E-state index in [-0.39, 0.29) is 17.2 Å². The molecule has 2 rings (SSSR count). The molecular weight excluding hydrogens is 345 g/mol. The minimum Gasteiger partial charge on any atom is -0.507 e. The van der Waals surface area contributed by atoms with E-state index in [2.05, 4.69) is 4.74 Å². The summed E-state index contributed by atoms with van der Waals surface area (Å²) >= 11 is 0. The number of carbonyl (C=O) groups excluding carboxylic acids is 1. The molecule has 0 aromatic heterocycles. The molecule has 25 heavy (non-hydrogen) atoms. The summed E-state index contributed by atoms with van der Waals surface area (Å²) < 4.78 is 32.3. The Labute approximate surface area is 148 Å². The second-order valence-electron chi connectivity index (χ2n) is 5.85.